The normalized spacial score (nSPS) is 14.0. The summed E-state index contributed by atoms with van der Waals surface area (Å²) in [5.41, 5.74) is 2.59. The minimum Gasteiger partial charge on any atom is -0.494 e. The molecule has 1 aromatic carbocycles. The largest absolute Gasteiger partial charge is 0.494 e. The van der Waals surface area contributed by atoms with E-state index >= 15 is 0 Å². The van der Waals surface area contributed by atoms with Crippen LogP contribution in [0.3, 0.4) is 0 Å². The van der Waals surface area contributed by atoms with Crippen LogP contribution in [-0.4, -0.2) is 29.6 Å². The van der Waals surface area contributed by atoms with Crippen molar-refractivity contribution in [2.24, 2.45) is 0 Å². The first kappa shape index (κ1) is 15.8. The number of ether oxygens (including phenoxy) is 1. The van der Waals surface area contributed by atoms with Crippen molar-refractivity contribution in [3.8, 4) is 5.75 Å². The molecule has 0 radical (unpaired) electrons. The van der Waals surface area contributed by atoms with Crippen molar-refractivity contribution in [3.63, 3.8) is 0 Å². The fraction of sp³-hybridized carbons (Fsp3) is 0.421. The maximum Gasteiger partial charge on any atom is 0.130 e. The standard InChI is InChI=1S/C19H25N3O/c1-3-23-18-10-6-15(7-11-18)13-22(17-8-9-17)14-16-5-4-12-21-19(16)20-2/h4-7,10-12,17H,3,8-9,13-14H2,1-2H3,(H,20,21). The summed E-state index contributed by atoms with van der Waals surface area (Å²) in [6.07, 6.45) is 4.43. The van der Waals surface area contributed by atoms with Crippen molar-refractivity contribution in [1.29, 1.82) is 0 Å². The lowest BCUT2D eigenvalue weighted by molar-refractivity contribution is 0.246. The highest BCUT2D eigenvalue weighted by Gasteiger charge is 2.29. The second-order valence-electron chi connectivity index (χ2n) is 5.97. The second-order valence-corrected chi connectivity index (χ2v) is 5.97. The SMILES string of the molecule is CCOc1ccc(CN(Cc2cccnc2NC)C2CC2)cc1. The van der Waals surface area contributed by atoms with Crippen LogP contribution in [0.4, 0.5) is 5.82 Å². The predicted molar refractivity (Wildman–Crippen MR) is 93.7 cm³/mol. The molecule has 1 fully saturated rings. The topological polar surface area (TPSA) is 37.4 Å². The molecule has 1 aromatic heterocycles. The summed E-state index contributed by atoms with van der Waals surface area (Å²) in [7, 11) is 1.93. The molecule has 4 heteroatoms. The zero-order valence-corrected chi connectivity index (χ0v) is 14.0. The van der Waals surface area contributed by atoms with E-state index in [9.17, 15) is 0 Å². The van der Waals surface area contributed by atoms with Gasteiger partial charge in [0.1, 0.15) is 11.6 Å². The Bertz CT molecular complexity index is 623. The first-order chi connectivity index (χ1) is 11.3. The summed E-state index contributed by atoms with van der Waals surface area (Å²) < 4.78 is 5.52. The van der Waals surface area contributed by atoms with Gasteiger partial charge in [0.05, 0.1) is 6.61 Å². The molecule has 0 bridgehead atoms. The monoisotopic (exact) mass is 311 g/mol. The Morgan fingerprint density at radius 3 is 2.61 bits per heavy atom. The molecule has 3 rings (SSSR count). The minimum absolute atomic E-state index is 0.700. The van der Waals surface area contributed by atoms with E-state index in [4.69, 9.17) is 4.74 Å². The Hall–Kier alpha value is -2.07. The molecule has 23 heavy (non-hydrogen) atoms. The number of nitrogens with zero attached hydrogens (tertiary/aromatic N) is 2. The van der Waals surface area contributed by atoms with Crippen LogP contribution in [-0.2, 0) is 13.1 Å². The molecule has 0 spiro atoms. The van der Waals surface area contributed by atoms with Gasteiger partial charge in [0.25, 0.3) is 0 Å². The number of hydrogen-bond acceptors (Lipinski definition) is 4. The van der Waals surface area contributed by atoms with Gasteiger partial charge < -0.3 is 10.1 Å². The molecule has 1 heterocycles. The van der Waals surface area contributed by atoms with Gasteiger partial charge in [-0.25, -0.2) is 4.98 Å². The van der Waals surface area contributed by atoms with Crippen LogP contribution in [0.5, 0.6) is 5.75 Å². The van der Waals surface area contributed by atoms with Gasteiger partial charge in [-0.05, 0) is 43.5 Å². The van der Waals surface area contributed by atoms with Crippen molar-refractivity contribution < 1.29 is 4.74 Å². The molecule has 1 aliphatic rings. The molecule has 1 N–H and O–H groups in total. The van der Waals surface area contributed by atoms with E-state index in [1.54, 1.807) is 0 Å². The quantitative estimate of drug-likeness (QED) is 0.807. The molecule has 2 aromatic rings. The third kappa shape index (κ3) is 4.23. The summed E-state index contributed by atoms with van der Waals surface area (Å²) in [5.74, 6) is 1.92. The summed E-state index contributed by atoms with van der Waals surface area (Å²) in [6, 6.07) is 13.3. The Morgan fingerprint density at radius 2 is 1.96 bits per heavy atom. The molecule has 0 unspecified atom stereocenters. The Morgan fingerprint density at radius 1 is 1.17 bits per heavy atom. The van der Waals surface area contributed by atoms with Crippen molar-refractivity contribution in [2.75, 3.05) is 19.0 Å². The highest BCUT2D eigenvalue weighted by Crippen LogP contribution is 2.31. The molecule has 1 saturated carbocycles. The van der Waals surface area contributed by atoms with E-state index in [-0.39, 0.29) is 0 Å². The van der Waals surface area contributed by atoms with E-state index in [1.807, 2.05) is 26.2 Å². The van der Waals surface area contributed by atoms with Crippen LogP contribution in [0.1, 0.15) is 30.9 Å². The lowest BCUT2D eigenvalue weighted by Crippen LogP contribution is -2.25. The van der Waals surface area contributed by atoms with Gasteiger partial charge in [0.2, 0.25) is 0 Å². The summed E-state index contributed by atoms with van der Waals surface area (Å²) in [6.45, 7) is 4.62. The Labute approximate surface area is 138 Å². The van der Waals surface area contributed by atoms with Gasteiger partial charge in [-0.15, -0.1) is 0 Å². The van der Waals surface area contributed by atoms with Crippen molar-refractivity contribution >= 4 is 5.82 Å². The fourth-order valence-electron chi connectivity index (χ4n) is 2.86. The summed E-state index contributed by atoms with van der Waals surface area (Å²) in [5, 5.41) is 3.19. The molecular weight excluding hydrogens is 286 g/mol. The molecular formula is C19H25N3O. The third-order valence-corrected chi connectivity index (χ3v) is 4.18. The first-order valence-corrected chi connectivity index (χ1v) is 8.37. The van der Waals surface area contributed by atoms with Crippen molar-refractivity contribution in [3.05, 3.63) is 53.7 Å². The van der Waals surface area contributed by atoms with E-state index in [0.717, 1.165) is 24.7 Å². The molecule has 4 nitrogen and oxygen atoms in total. The van der Waals surface area contributed by atoms with Gasteiger partial charge >= 0.3 is 0 Å². The first-order valence-electron chi connectivity index (χ1n) is 8.37. The van der Waals surface area contributed by atoms with Crippen LogP contribution in [0, 0.1) is 0 Å². The van der Waals surface area contributed by atoms with E-state index in [1.165, 1.54) is 24.0 Å². The zero-order valence-electron chi connectivity index (χ0n) is 14.0. The molecule has 0 amide bonds. The highest BCUT2D eigenvalue weighted by molar-refractivity contribution is 5.43. The van der Waals surface area contributed by atoms with Gasteiger partial charge in [0.15, 0.2) is 0 Å². The lowest BCUT2D eigenvalue weighted by Gasteiger charge is -2.23. The number of aromatic nitrogens is 1. The molecule has 0 atom stereocenters. The predicted octanol–water partition coefficient (Wildman–Crippen LogP) is 3.69. The maximum absolute atomic E-state index is 5.52. The minimum atomic E-state index is 0.700. The van der Waals surface area contributed by atoms with E-state index < -0.39 is 0 Å². The Balaban J connectivity index is 1.69. The van der Waals surface area contributed by atoms with Crippen molar-refractivity contribution in [1.82, 2.24) is 9.88 Å². The van der Waals surface area contributed by atoms with Crippen LogP contribution in [0.25, 0.3) is 0 Å². The van der Waals surface area contributed by atoms with Gasteiger partial charge in [0, 0.05) is 37.9 Å². The lowest BCUT2D eigenvalue weighted by atomic mass is 10.1. The van der Waals surface area contributed by atoms with E-state index in [0.29, 0.717) is 12.6 Å². The average Bonchev–Trinajstić information content (AvgIpc) is 3.42. The average molecular weight is 311 g/mol. The highest BCUT2D eigenvalue weighted by atomic mass is 16.5. The van der Waals surface area contributed by atoms with Crippen LogP contribution in [0.15, 0.2) is 42.6 Å². The van der Waals surface area contributed by atoms with Gasteiger partial charge in [-0.2, -0.15) is 0 Å². The molecule has 0 aliphatic heterocycles. The number of rotatable bonds is 8. The van der Waals surface area contributed by atoms with Crippen LogP contribution < -0.4 is 10.1 Å². The molecule has 1 aliphatic carbocycles. The van der Waals surface area contributed by atoms with Crippen molar-refractivity contribution in [2.45, 2.75) is 38.9 Å². The zero-order chi connectivity index (χ0) is 16.1. The number of hydrogen-bond donors (Lipinski definition) is 1. The molecule has 0 saturated heterocycles. The summed E-state index contributed by atoms with van der Waals surface area (Å²) in [4.78, 5) is 6.96. The fourth-order valence-corrected chi connectivity index (χ4v) is 2.86. The molecule has 122 valence electrons. The van der Waals surface area contributed by atoms with Crippen LogP contribution >= 0.6 is 0 Å². The van der Waals surface area contributed by atoms with Crippen LogP contribution in [0.2, 0.25) is 0 Å². The number of benzene rings is 1. The maximum atomic E-state index is 5.52. The summed E-state index contributed by atoms with van der Waals surface area (Å²) >= 11 is 0. The number of anilines is 1. The number of pyridine rings is 1. The second kappa shape index (κ2) is 7.47. The smallest absolute Gasteiger partial charge is 0.130 e. The van der Waals surface area contributed by atoms with E-state index in [2.05, 4.69) is 45.5 Å². The number of nitrogens with one attached hydrogen (secondary N) is 1. The Kier molecular flexibility index (Phi) is 5.13. The van der Waals surface area contributed by atoms with Gasteiger partial charge in [-0.1, -0.05) is 18.2 Å². The third-order valence-electron chi connectivity index (χ3n) is 4.18. The van der Waals surface area contributed by atoms with Gasteiger partial charge in [-0.3, -0.25) is 4.90 Å².